The van der Waals surface area contributed by atoms with E-state index in [1.54, 1.807) is 29.9 Å². The van der Waals surface area contributed by atoms with Crippen LogP contribution in [0.2, 0.25) is 0 Å². The fourth-order valence-electron chi connectivity index (χ4n) is 5.12. The maximum absolute atomic E-state index is 13.3. The summed E-state index contributed by atoms with van der Waals surface area (Å²) in [6, 6.07) is 6.35. The second kappa shape index (κ2) is 9.60. The van der Waals surface area contributed by atoms with Gasteiger partial charge in [0.25, 0.3) is 0 Å². The molecule has 1 aromatic carbocycles. The Hall–Kier alpha value is -2.76. The van der Waals surface area contributed by atoms with Crippen molar-refractivity contribution in [2.75, 3.05) is 25.0 Å². The van der Waals surface area contributed by atoms with Gasteiger partial charge in [-0.2, -0.15) is 13.2 Å². The number of nitrogens with one attached hydrogen (secondary N) is 2. The number of aryl methyl sites for hydroxylation is 1. The van der Waals surface area contributed by atoms with Gasteiger partial charge >= 0.3 is 6.18 Å². The molecule has 0 radical (unpaired) electrons. The molecule has 0 bridgehead atoms. The van der Waals surface area contributed by atoms with Crippen LogP contribution < -0.4 is 10.6 Å². The quantitative estimate of drug-likeness (QED) is 0.455. The Bertz CT molecular complexity index is 1240. The highest BCUT2D eigenvalue weighted by Crippen LogP contribution is 2.40. The molecule has 1 aliphatic carbocycles. The Balaban J connectivity index is 1.13. The van der Waals surface area contributed by atoms with Crippen molar-refractivity contribution in [2.24, 2.45) is 0 Å². The Morgan fingerprint density at radius 3 is 2.67 bits per heavy atom. The predicted molar refractivity (Wildman–Crippen MR) is 132 cm³/mol. The van der Waals surface area contributed by atoms with Gasteiger partial charge in [0.2, 0.25) is 5.91 Å². The maximum atomic E-state index is 13.3. The molecule has 3 N–H and O–H groups in total. The van der Waals surface area contributed by atoms with Gasteiger partial charge in [0.05, 0.1) is 28.5 Å². The van der Waals surface area contributed by atoms with E-state index in [2.05, 4.69) is 25.5 Å². The molecule has 3 heterocycles. The molecule has 2 aromatic heterocycles. The standard InChI is InChI=1S/C25H28F3N5O2S/c1-15-2-3-19-18(8-15)20(9-21(32-19)25(26,27)28)30-11-23(34)31-16-12-33(13-16)17-4-6-24(35,7-5-17)22-10-29-14-36-22/h2-3,8-10,14,16-17,35H,4-7,11-13H2,1H3,(H,30,32)(H,31,34)/t17-,24-. The number of carbonyl (C=O) groups is 1. The number of aromatic nitrogens is 2. The van der Waals surface area contributed by atoms with Gasteiger partial charge in [0.15, 0.2) is 0 Å². The topological polar surface area (TPSA) is 90.4 Å². The number of hydrogen-bond acceptors (Lipinski definition) is 7. The molecule has 7 nitrogen and oxygen atoms in total. The third-order valence-electron chi connectivity index (χ3n) is 7.16. The van der Waals surface area contributed by atoms with Gasteiger partial charge in [-0.1, -0.05) is 11.6 Å². The number of pyridine rings is 1. The first kappa shape index (κ1) is 24.9. The lowest BCUT2D eigenvalue weighted by molar-refractivity contribution is -0.140. The van der Waals surface area contributed by atoms with Gasteiger partial charge < -0.3 is 15.7 Å². The van der Waals surface area contributed by atoms with Crippen molar-refractivity contribution in [3.63, 3.8) is 0 Å². The summed E-state index contributed by atoms with van der Waals surface area (Å²) >= 11 is 1.48. The van der Waals surface area contributed by atoms with E-state index in [0.717, 1.165) is 42.4 Å². The number of nitrogens with zero attached hydrogens (tertiary/aromatic N) is 3. The van der Waals surface area contributed by atoms with Crippen molar-refractivity contribution in [3.05, 3.63) is 52.1 Å². The van der Waals surface area contributed by atoms with Crippen molar-refractivity contribution in [1.29, 1.82) is 0 Å². The van der Waals surface area contributed by atoms with Gasteiger partial charge in [-0.3, -0.25) is 14.7 Å². The average Bonchev–Trinajstić information content (AvgIpc) is 3.36. The van der Waals surface area contributed by atoms with Crippen LogP contribution in [-0.2, 0) is 16.6 Å². The molecular formula is C25H28F3N5O2S. The third kappa shape index (κ3) is 5.18. The van der Waals surface area contributed by atoms with Crippen LogP contribution in [0.1, 0.15) is 41.8 Å². The van der Waals surface area contributed by atoms with E-state index in [0.29, 0.717) is 24.3 Å². The number of carbonyl (C=O) groups excluding carboxylic acids is 1. The molecule has 2 fully saturated rings. The Morgan fingerprint density at radius 1 is 1.25 bits per heavy atom. The molecule has 1 saturated carbocycles. The molecule has 1 aliphatic heterocycles. The highest BCUT2D eigenvalue weighted by atomic mass is 32.1. The number of halogens is 3. The molecule has 0 spiro atoms. The second-order valence-electron chi connectivity index (χ2n) is 9.77. The number of hydrogen-bond donors (Lipinski definition) is 3. The van der Waals surface area contributed by atoms with E-state index in [1.807, 2.05) is 6.92 Å². The zero-order chi connectivity index (χ0) is 25.5. The van der Waals surface area contributed by atoms with Crippen LogP contribution in [0, 0.1) is 6.92 Å². The van der Waals surface area contributed by atoms with Crippen molar-refractivity contribution in [2.45, 2.75) is 56.5 Å². The van der Waals surface area contributed by atoms with E-state index in [-0.39, 0.29) is 29.7 Å². The summed E-state index contributed by atoms with van der Waals surface area (Å²) in [6.07, 6.45) is 0.309. The summed E-state index contributed by atoms with van der Waals surface area (Å²) in [5.41, 5.74) is 1.30. The summed E-state index contributed by atoms with van der Waals surface area (Å²) in [5.74, 6) is -0.269. The van der Waals surface area contributed by atoms with E-state index >= 15 is 0 Å². The first-order chi connectivity index (χ1) is 17.1. The lowest BCUT2D eigenvalue weighted by Gasteiger charge is -2.48. The molecule has 11 heteroatoms. The molecular weight excluding hydrogens is 491 g/mol. The fourth-order valence-corrected chi connectivity index (χ4v) is 5.91. The number of amides is 1. The summed E-state index contributed by atoms with van der Waals surface area (Å²) in [4.78, 5) is 23.6. The number of alkyl halides is 3. The molecule has 0 unspecified atom stereocenters. The van der Waals surface area contributed by atoms with Crippen LogP contribution in [0.5, 0.6) is 0 Å². The minimum absolute atomic E-state index is 0.00349. The third-order valence-corrected chi connectivity index (χ3v) is 8.13. The number of aliphatic hydroxyl groups is 1. The van der Waals surface area contributed by atoms with Crippen molar-refractivity contribution in [1.82, 2.24) is 20.2 Å². The highest BCUT2D eigenvalue weighted by molar-refractivity contribution is 7.09. The van der Waals surface area contributed by atoms with Crippen LogP contribution in [0.3, 0.4) is 0 Å². The summed E-state index contributed by atoms with van der Waals surface area (Å²) in [5, 5.41) is 17.3. The predicted octanol–water partition coefficient (Wildman–Crippen LogP) is 4.06. The molecule has 3 aromatic rings. The molecule has 0 atom stereocenters. The van der Waals surface area contributed by atoms with Gasteiger partial charge in [0, 0.05) is 36.4 Å². The first-order valence-corrected chi connectivity index (χ1v) is 12.9. The second-order valence-corrected chi connectivity index (χ2v) is 10.7. The lowest BCUT2D eigenvalue weighted by Crippen LogP contribution is -2.63. The summed E-state index contributed by atoms with van der Waals surface area (Å²) in [7, 11) is 0. The van der Waals surface area contributed by atoms with Crippen LogP contribution >= 0.6 is 11.3 Å². The molecule has 1 saturated heterocycles. The molecule has 192 valence electrons. The lowest BCUT2D eigenvalue weighted by atomic mass is 9.80. The Kier molecular flexibility index (Phi) is 6.65. The van der Waals surface area contributed by atoms with Crippen molar-refractivity contribution in [3.8, 4) is 0 Å². The van der Waals surface area contributed by atoms with Gasteiger partial charge in [-0.15, -0.1) is 11.3 Å². The number of likely N-dealkylation sites (tertiary alicyclic amines) is 1. The minimum Gasteiger partial charge on any atom is -0.384 e. The molecule has 2 aliphatic rings. The Labute approximate surface area is 210 Å². The monoisotopic (exact) mass is 519 g/mol. The Morgan fingerprint density at radius 2 is 2.00 bits per heavy atom. The van der Waals surface area contributed by atoms with Crippen LogP contribution in [0.15, 0.2) is 36.0 Å². The van der Waals surface area contributed by atoms with E-state index < -0.39 is 17.5 Å². The van der Waals surface area contributed by atoms with Gasteiger partial charge in [0.1, 0.15) is 11.3 Å². The first-order valence-electron chi connectivity index (χ1n) is 12.0. The summed E-state index contributed by atoms with van der Waals surface area (Å²) in [6.45, 7) is 3.17. The van der Waals surface area contributed by atoms with E-state index in [9.17, 15) is 23.1 Å². The number of benzene rings is 1. The largest absolute Gasteiger partial charge is 0.433 e. The summed E-state index contributed by atoms with van der Waals surface area (Å²) < 4.78 is 39.9. The fraction of sp³-hybridized carbons (Fsp3) is 0.480. The number of anilines is 1. The van der Waals surface area contributed by atoms with Crippen LogP contribution in [-0.4, -0.2) is 57.6 Å². The zero-order valence-corrected chi connectivity index (χ0v) is 20.6. The van der Waals surface area contributed by atoms with Crippen LogP contribution in [0.25, 0.3) is 10.9 Å². The minimum atomic E-state index is -4.58. The van der Waals surface area contributed by atoms with Gasteiger partial charge in [-0.05, 0) is 50.8 Å². The number of rotatable bonds is 6. The van der Waals surface area contributed by atoms with E-state index in [1.165, 1.54) is 11.3 Å². The normalized spacial score (nSPS) is 23.4. The number of fused-ring (bicyclic) bond motifs is 1. The SMILES string of the molecule is Cc1ccc2nc(C(F)(F)F)cc(NCC(=O)NC3CN([C@H]4CC[C@@](O)(c5cncs5)CC4)C3)c2c1. The average molecular weight is 520 g/mol. The molecule has 5 rings (SSSR count). The number of thiazole rings is 1. The maximum Gasteiger partial charge on any atom is 0.433 e. The molecule has 1 amide bonds. The smallest absolute Gasteiger partial charge is 0.384 e. The zero-order valence-electron chi connectivity index (χ0n) is 19.8. The van der Waals surface area contributed by atoms with Crippen LogP contribution in [0.4, 0.5) is 18.9 Å². The van der Waals surface area contributed by atoms with Gasteiger partial charge in [-0.25, -0.2) is 4.98 Å². The van der Waals surface area contributed by atoms with E-state index in [4.69, 9.17) is 0 Å². The van der Waals surface area contributed by atoms with Crippen molar-refractivity contribution < 1.29 is 23.1 Å². The van der Waals surface area contributed by atoms with Crippen molar-refractivity contribution >= 4 is 33.8 Å². The highest BCUT2D eigenvalue weighted by Gasteiger charge is 2.41. The molecule has 36 heavy (non-hydrogen) atoms.